The summed E-state index contributed by atoms with van der Waals surface area (Å²) < 4.78 is 4.81. The van der Waals surface area contributed by atoms with E-state index in [1.807, 2.05) is 20.8 Å². The van der Waals surface area contributed by atoms with Crippen LogP contribution in [0.25, 0.3) is 11.1 Å². The van der Waals surface area contributed by atoms with E-state index in [-0.39, 0.29) is 17.0 Å². The van der Waals surface area contributed by atoms with Gasteiger partial charge in [-0.2, -0.15) is 0 Å². The fraction of sp³-hybridized carbons (Fsp3) is 0.308. The first kappa shape index (κ1) is 12.8. The van der Waals surface area contributed by atoms with Crippen LogP contribution in [0.2, 0.25) is 5.02 Å². The number of aromatic nitrogens is 1. The first-order chi connectivity index (χ1) is 8.30. The minimum Gasteiger partial charge on any atom is -0.507 e. The Labute approximate surface area is 110 Å². The quantitative estimate of drug-likeness (QED) is 0.827. The maximum atomic E-state index is 10.4. The van der Waals surface area contributed by atoms with E-state index < -0.39 is 0 Å². The van der Waals surface area contributed by atoms with Gasteiger partial charge in [0.25, 0.3) is 0 Å². The number of anilines is 1. The highest BCUT2D eigenvalue weighted by atomic mass is 35.5. The molecule has 0 radical (unpaired) electrons. The average molecular weight is 267 g/mol. The van der Waals surface area contributed by atoms with E-state index in [1.54, 1.807) is 12.1 Å². The van der Waals surface area contributed by atoms with E-state index in [0.29, 0.717) is 16.1 Å². The monoisotopic (exact) mass is 266 g/mol. The highest BCUT2D eigenvalue weighted by molar-refractivity contribution is 6.31. The second-order valence-electron chi connectivity index (χ2n) is 5.20. The molecule has 0 aliphatic carbocycles. The molecule has 0 bridgehead atoms. The molecule has 18 heavy (non-hydrogen) atoms. The van der Waals surface area contributed by atoms with Crippen molar-refractivity contribution in [2.24, 2.45) is 0 Å². The maximum absolute atomic E-state index is 10.4. The number of hydrogen-bond donors (Lipinski definition) is 2. The van der Waals surface area contributed by atoms with Gasteiger partial charge in [0.15, 0.2) is 0 Å². The number of halogens is 1. The van der Waals surface area contributed by atoms with Gasteiger partial charge in [-0.15, -0.1) is 0 Å². The standard InChI is InChI=1S/C13H15ClN2O2/c1-13(2,3)10-5-7(14)4-8(11(10)17)9-6-16-18-12(9)15/h4-6,17H,15H2,1-3H3. The van der Waals surface area contributed by atoms with Gasteiger partial charge in [0.2, 0.25) is 5.88 Å². The number of hydrogen-bond acceptors (Lipinski definition) is 4. The van der Waals surface area contributed by atoms with E-state index in [0.717, 1.165) is 5.56 Å². The van der Waals surface area contributed by atoms with Gasteiger partial charge in [0.05, 0.1) is 11.8 Å². The van der Waals surface area contributed by atoms with Crippen LogP contribution in [0.4, 0.5) is 5.88 Å². The number of phenols is 1. The second kappa shape index (κ2) is 4.21. The molecule has 0 amide bonds. The number of benzene rings is 1. The average Bonchev–Trinajstić information content (AvgIpc) is 2.66. The maximum Gasteiger partial charge on any atom is 0.230 e. The molecule has 1 aromatic heterocycles. The van der Waals surface area contributed by atoms with Crippen molar-refractivity contribution in [3.05, 3.63) is 28.9 Å². The molecule has 0 unspecified atom stereocenters. The number of nitrogens with zero attached hydrogens (tertiary/aromatic N) is 1. The molecule has 3 N–H and O–H groups in total. The van der Waals surface area contributed by atoms with Crippen LogP contribution in [0.15, 0.2) is 22.9 Å². The fourth-order valence-corrected chi connectivity index (χ4v) is 2.05. The van der Waals surface area contributed by atoms with Crippen LogP contribution in [-0.4, -0.2) is 10.3 Å². The number of nitrogen functional groups attached to an aromatic ring is 1. The predicted molar refractivity (Wildman–Crippen MR) is 71.7 cm³/mol. The minimum absolute atomic E-state index is 0.154. The van der Waals surface area contributed by atoms with Crippen LogP contribution in [0.1, 0.15) is 26.3 Å². The molecule has 0 saturated heterocycles. The van der Waals surface area contributed by atoms with Gasteiger partial charge in [-0.1, -0.05) is 37.5 Å². The zero-order valence-electron chi connectivity index (χ0n) is 10.5. The van der Waals surface area contributed by atoms with Crippen molar-refractivity contribution in [3.8, 4) is 16.9 Å². The number of phenolic OH excluding ortho intramolecular Hbond substituents is 1. The van der Waals surface area contributed by atoms with E-state index in [1.165, 1.54) is 6.20 Å². The third-order valence-corrected chi connectivity index (χ3v) is 2.99. The molecule has 96 valence electrons. The van der Waals surface area contributed by atoms with Gasteiger partial charge in [0.1, 0.15) is 5.75 Å². The zero-order valence-corrected chi connectivity index (χ0v) is 11.2. The van der Waals surface area contributed by atoms with Gasteiger partial charge in [-0.25, -0.2) is 0 Å². The lowest BCUT2D eigenvalue weighted by Crippen LogP contribution is -2.11. The van der Waals surface area contributed by atoms with E-state index in [4.69, 9.17) is 21.9 Å². The molecule has 0 saturated carbocycles. The van der Waals surface area contributed by atoms with Crippen LogP contribution in [0, 0.1) is 0 Å². The molecule has 5 heteroatoms. The lowest BCUT2D eigenvalue weighted by molar-refractivity contribution is 0.436. The summed E-state index contributed by atoms with van der Waals surface area (Å²) in [6, 6.07) is 3.40. The summed E-state index contributed by atoms with van der Waals surface area (Å²) in [7, 11) is 0. The third-order valence-electron chi connectivity index (χ3n) is 2.77. The van der Waals surface area contributed by atoms with Crippen molar-refractivity contribution in [2.45, 2.75) is 26.2 Å². The van der Waals surface area contributed by atoms with E-state index in [2.05, 4.69) is 5.16 Å². The van der Waals surface area contributed by atoms with Crippen molar-refractivity contribution < 1.29 is 9.63 Å². The zero-order chi connectivity index (χ0) is 13.5. The SMILES string of the molecule is CC(C)(C)c1cc(Cl)cc(-c2cnoc2N)c1O. The van der Waals surface area contributed by atoms with Gasteiger partial charge >= 0.3 is 0 Å². The highest BCUT2D eigenvalue weighted by Gasteiger charge is 2.23. The van der Waals surface area contributed by atoms with Crippen molar-refractivity contribution in [3.63, 3.8) is 0 Å². The van der Waals surface area contributed by atoms with Crippen LogP contribution in [0.3, 0.4) is 0 Å². The van der Waals surface area contributed by atoms with Crippen LogP contribution >= 0.6 is 11.6 Å². The van der Waals surface area contributed by atoms with Crippen LogP contribution in [-0.2, 0) is 5.41 Å². The molecular weight excluding hydrogens is 252 g/mol. The molecule has 0 aliphatic rings. The number of nitrogens with two attached hydrogens (primary N) is 1. The van der Waals surface area contributed by atoms with Gasteiger partial charge in [-0.3, -0.25) is 0 Å². The van der Waals surface area contributed by atoms with Gasteiger partial charge in [-0.05, 0) is 17.5 Å². The Bertz CT molecular complexity index is 585. The van der Waals surface area contributed by atoms with Gasteiger partial charge in [0, 0.05) is 16.1 Å². The molecule has 2 aromatic rings. The summed E-state index contributed by atoms with van der Waals surface area (Å²) in [5, 5.41) is 14.5. The molecule has 2 rings (SSSR count). The Morgan fingerprint density at radius 2 is 1.94 bits per heavy atom. The van der Waals surface area contributed by atoms with Crippen molar-refractivity contribution in [2.75, 3.05) is 5.73 Å². The third kappa shape index (κ3) is 2.16. The summed E-state index contributed by atoms with van der Waals surface area (Å²) in [6.45, 7) is 6.00. The first-order valence-electron chi connectivity index (χ1n) is 5.54. The first-order valence-corrected chi connectivity index (χ1v) is 5.92. The Morgan fingerprint density at radius 1 is 1.28 bits per heavy atom. The summed E-state index contributed by atoms with van der Waals surface area (Å²) in [4.78, 5) is 0. The molecule has 1 heterocycles. The molecular formula is C13H15ClN2O2. The Balaban J connectivity index is 2.70. The van der Waals surface area contributed by atoms with E-state index in [9.17, 15) is 5.11 Å². The Kier molecular flexibility index (Phi) is 2.99. The number of rotatable bonds is 1. The fourth-order valence-electron chi connectivity index (χ4n) is 1.83. The molecule has 1 aromatic carbocycles. The summed E-state index contributed by atoms with van der Waals surface area (Å²) in [6.07, 6.45) is 1.47. The highest BCUT2D eigenvalue weighted by Crippen LogP contribution is 2.42. The summed E-state index contributed by atoms with van der Waals surface area (Å²) in [5.74, 6) is 0.314. The van der Waals surface area contributed by atoms with Crippen LogP contribution < -0.4 is 5.73 Å². The predicted octanol–water partition coefficient (Wildman–Crippen LogP) is 3.58. The largest absolute Gasteiger partial charge is 0.507 e. The summed E-state index contributed by atoms with van der Waals surface area (Å²) >= 11 is 6.09. The summed E-state index contributed by atoms with van der Waals surface area (Å²) in [5.41, 5.74) is 7.27. The topological polar surface area (TPSA) is 72.3 Å². The lowest BCUT2D eigenvalue weighted by Gasteiger charge is -2.22. The smallest absolute Gasteiger partial charge is 0.230 e. The van der Waals surface area contributed by atoms with Crippen molar-refractivity contribution >= 4 is 17.5 Å². The lowest BCUT2D eigenvalue weighted by atomic mass is 9.84. The van der Waals surface area contributed by atoms with Gasteiger partial charge < -0.3 is 15.4 Å². The Morgan fingerprint density at radius 3 is 2.44 bits per heavy atom. The second-order valence-corrected chi connectivity index (χ2v) is 5.64. The molecule has 0 aliphatic heterocycles. The molecule has 0 spiro atoms. The van der Waals surface area contributed by atoms with Crippen LogP contribution in [0.5, 0.6) is 5.75 Å². The van der Waals surface area contributed by atoms with Crippen molar-refractivity contribution in [1.82, 2.24) is 5.16 Å². The van der Waals surface area contributed by atoms with E-state index >= 15 is 0 Å². The Hall–Kier alpha value is -1.68. The van der Waals surface area contributed by atoms with Crippen molar-refractivity contribution in [1.29, 1.82) is 0 Å². The molecule has 4 nitrogen and oxygen atoms in total. The number of aromatic hydroxyl groups is 1. The molecule has 0 fully saturated rings. The normalized spacial score (nSPS) is 11.8. The molecule has 0 atom stereocenters. The minimum atomic E-state index is -0.227.